The number of aliphatic hydroxyl groups is 1. The Hall–Kier alpha value is -2.15. The van der Waals surface area contributed by atoms with Gasteiger partial charge in [0.05, 0.1) is 11.9 Å². The Morgan fingerprint density at radius 1 is 1.35 bits per heavy atom. The molecule has 124 valence electrons. The zero-order valence-corrected chi connectivity index (χ0v) is 13.0. The average Bonchev–Trinajstić information content (AvgIpc) is 3.23. The lowest BCUT2D eigenvalue weighted by atomic mass is 9.85. The number of furan rings is 1. The molecule has 1 aliphatic rings. The minimum absolute atomic E-state index is 0.123. The Bertz CT molecular complexity index is 630. The third-order valence-corrected chi connectivity index (χ3v) is 4.17. The Balaban J connectivity index is 1.44. The molecule has 2 N–H and O–H groups in total. The van der Waals surface area contributed by atoms with Crippen LogP contribution in [-0.2, 0) is 11.2 Å². The highest BCUT2D eigenvalue weighted by molar-refractivity contribution is 5.76. The second-order valence-electron chi connectivity index (χ2n) is 6.05. The SMILES string of the molecule is O=C(CCc1nc(-c2ccco2)no1)NCC1(O)CCCCC1. The van der Waals surface area contributed by atoms with E-state index < -0.39 is 5.60 Å². The van der Waals surface area contributed by atoms with E-state index in [2.05, 4.69) is 15.5 Å². The average molecular weight is 319 g/mol. The molecule has 0 radical (unpaired) electrons. The predicted molar refractivity (Wildman–Crippen MR) is 81.4 cm³/mol. The largest absolute Gasteiger partial charge is 0.461 e. The fraction of sp³-hybridized carbons (Fsp3) is 0.562. The van der Waals surface area contributed by atoms with E-state index in [-0.39, 0.29) is 12.3 Å². The fourth-order valence-corrected chi connectivity index (χ4v) is 2.82. The van der Waals surface area contributed by atoms with Crippen molar-refractivity contribution in [3.05, 3.63) is 24.3 Å². The standard InChI is InChI=1S/C16H21N3O4/c20-13(17-11-16(21)8-2-1-3-9-16)6-7-14-18-15(19-23-14)12-5-4-10-22-12/h4-5,10,21H,1-3,6-9,11H2,(H,17,20). The van der Waals surface area contributed by atoms with Crippen LogP contribution in [0.25, 0.3) is 11.6 Å². The van der Waals surface area contributed by atoms with Gasteiger partial charge < -0.3 is 19.4 Å². The van der Waals surface area contributed by atoms with Gasteiger partial charge in [0.1, 0.15) is 0 Å². The van der Waals surface area contributed by atoms with Crippen molar-refractivity contribution in [1.82, 2.24) is 15.5 Å². The number of carbonyl (C=O) groups excluding carboxylic acids is 1. The van der Waals surface area contributed by atoms with E-state index in [0.29, 0.717) is 30.4 Å². The van der Waals surface area contributed by atoms with Crippen molar-refractivity contribution in [1.29, 1.82) is 0 Å². The smallest absolute Gasteiger partial charge is 0.238 e. The summed E-state index contributed by atoms with van der Waals surface area (Å²) in [5.74, 6) is 1.18. The summed E-state index contributed by atoms with van der Waals surface area (Å²) in [6.07, 6.45) is 6.84. The van der Waals surface area contributed by atoms with Crippen LogP contribution in [0.2, 0.25) is 0 Å². The molecule has 2 aromatic rings. The van der Waals surface area contributed by atoms with Gasteiger partial charge in [-0.15, -0.1) is 0 Å². The molecule has 1 saturated carbocycles. The van der Waals surface area contributed by atoms with Crippen LogP contribution in [0.15, 0.2) is 27.3 Å². The number of aromatic nitrogens is 2. The summed E-state index contributed by atoms with van der Waals surface area (Å²) >= 11 is 0. The van der Waals surface area contributed by atoms with Crippen LogP contribution >= 0.6 is 0 Å². The van der Waals surface area contributed by atoms with Gasteiger partial charge in [-0.3, -0.25) is 4.79 Å². The molecule has 0 aliphatic heterocycles. The van der Waals surface area contributed by atoms with E-state index in [1.807, 2.05) is 0 Å². The van der Waals surface area contributed by atoms with Crippen molar-refractivity contribution >= 4 is 5.91 Å². The van der Waals surface area contributed by atoms with Gasteiger partial charge in [-0.05, 0) is 25.0 Å². The minimum atomic E-state index is -0.745. The molecular formula is C16H21N3O4. The van der Waals surface area contributed by atoms with E-state index in [0.717, 1.165) is 32.1 Å². The number of nitrogens with zero attached hydrogens (tertiary/aromatic N) is 2. The van der Waals surface area contributed by atoms with Crippen LogP contribution in [0.3, 0.4) is 0 Å². The highest BCUT2D eigenvalue weighted by atomic mass is 16.5. The number of hydrogen-bond donors (Lipinski definition) is 2. The second-order valence-corrected chi connectivity index (χ2v) is 6.05. The molecule has 2 heterocycles. The Morgan fingerprint density at radius 3 is 2.91 bits per heavy atom. The Kier molecular flexibility index (Phi) is 4.76. The molecule has 0 unspecified atom stereocenters. The monoisotopic (exact) mass is 319 g/mol. The summed E-state index contributed by atoms with van der Waals surface area (Å²) in [5, 5.41) is 17.0. The Labute approximate surface area is 134 Å². The highest BCUT2D eigenvalue weighted by Gasteiger charge is 2.29. The summed E-state index contributed by atoms with van der Waals surface area (Å²) < 4.78 is 10.3. The normalized spacial score (nSPS) is 17.1. The first-order chi connectivity index (χ1) is 11.1. The third-order valence-electron chi connectivity index (χ3n) is 4.17. The van der Waals surface area contributed by atoms with E-state index in [9.17, 15) is 9.90 Å². The number of rotatable bonds is 6. The lowest BCUT2D eigenvalue weighted by Crippen LogP contribution is -2.44. The molecule has 0 saturated heterocycles. The zero-order chi connectivity index (χ0) is 16.1. The van der Waals surface area contributed by atoms with Crippen molar-refractivity contribution in [3.63, 3.8) is 0 Å². The molecule has 2 aromatic heterocycles. The van der Waals surface area contributed by atoms with Gasteiger partial charge in [0.2, 0.25) is 17.6 Å². The van der Waals surface area contributed by atoms with Crippen LogP contribution in [-0.4, -0.2) is 33.3 Å². The van der Waals surface area contributed by atoms with Crippen molar-refractivity contribution < 1.29 is 18.8 Å². The van der Waals surface area contributed by atoms with E-state index in [1.54, 1.807) is 12.1 Å². The van der Waals surface area contributed by atoms with Gasteiger partial charge in [0, 0.05) is 19.4 Å². The fourth-order valence-electron chi connectivity index (χ4n) is 2.82. The number of hydrogen-bond acceptors (Lipinski definition) is 6. The molecule has 0 aromatic carbocycles. The maximum absolute atomic E-state index is 11.9. The predicted octanol–water partition coefficient (Wildman–Crippen LogP) is 2.07. The number of nitrogens with one attached hydrogen (secondary N) is 1. The molecule has 1 fully saturated rings. The van der Waals surface area contributed by atoms with E-state index >= 15 is 0 Å². The Morgan fingerprint density at radius 2 is 2.17 bits per heavy atom. The summed E-state index contributed by atoms with van der Waals surface area (Å²) in [4.78, 5) is 16.1. The van der Waals surface area contributed by atoms with E-state index in [1.165, 1.54) is 6.26 Å². The number of aryl methyl sites for hydroxylation is 1. The molecule has 1 amide bonds. The maximum atomic E-state index is 11.9. The molecule has 0 bridgehead atoms. The molecule has 1 aliphatic carbocycles. The molecule has 0 spiro atoms. The number of amides is 1. The first-order valence-corrected chi connectivity index (χ1v) is 8.00. The molecule has 0 atom stereocenters. The van der Waals surface area contributed by atoms with Crippen molar-refractivity contribution in [2.24, 2.45) is 0 Å². The van der Waals surface area contributed by atoms with Crippen molar-refractivity contribution in [2.75, 3.05) is 6.54 Å². The van der Waals surface area contributed by atoms with Crippen LogP contribution in [0.1, 0.15) is 44.4 Å². The lowest BCUT2D eigenvalue weighted by Gasteiger charge is -2.32. The minimum Gasteiger partial charge on any atom is -0.461 e. The lowest BCUT2D eigenvalue weighted by molar-refractivity contribution is -0.122. The van der Waals surface area contributed by atoms with Crippen molar-refractivity contribution in [3.8, 4) is 11.6 Å². The summed E-state index contributed by atoms with van der Waals surface area (Å²) in [6.45, 7) is 0.313. The first kappa shape index (κ1) is 15.7. The van der Waals surface area contributed by atoms with Gasteiger partial charge in [-0.25, -0.2) is 0 Å². The number of carbonyl (C=O) groups is 1. The van der Waals surface area contributed by atoms with Crippen molar-refractivity contribution in [2.45, 2.75) is 50.5 Å². The zero-order valence-electron chi connectivity index (χ0n) is 13.0. The quantitative estimate of drug-likeness (QED) is 0.845. The first-order valence-electron chi connectivity index (χ1n) is 8.00. The van der Waals surface area contributed by atoms with Crippen LogP contribution in [0.4, 0.5) is 0 Å². The summed E-state index contributed by atoms with van der Waals surface area (Å²) in [7, 11) is 0. The van der Waals surface area contributed by atoms with Gasteiger partial charge in [0.15, 0.2) is 5.76 Å². The van der Waals surface area contributed by atoms with Gasteiger partial charge >= 0.3 is 0 Å². The van der Waals surface area contributed by atoms with Gasteiger partial charge in [-0.1, -0.05) is 24.4 Å². The van der Waals surface area contributed by atoms with E-state index in [4.69, 9.17) is 8.94 Å². The molecule has 3 rings (SSSR count). The maximum Gasteiger partial charge on any atom is 0.238 e. The van der Waals surface area contributed by atoms with Crippen LogP contribution < -0.4 is 5.32 Å². The molecular weight excluding hydrogens is 298 g/mol. The highest BCUT2D eigenvalue weighted by Crippen LogP contribution is 2.27. The molecule has 23 heavy (non-hydrogen) atoms. The third kappa shape index (κ3) is 4.19. The second kappa shape index (κ2) is 6.95. The van der Waals surface area contributed by atoms with Crippen LogP contribution in [0, 0.1) is 0 Å². The summed E-state index contributed by atoms with van der Waals surface area (Å²) in [6, 6.07) is 3.49. The molecule has 7 heteroatoms. The summed E-state index contributed by atoms with van der Waals surface area (Å²) in [5.41, 5.74) is -0.745. The van der Waals surface area contributed by atoms with Gasteiger partial charge in [-0.2, -0.15) is 4.98 Å². The van der Waals surface area contributed by atoms with Gasteiger partial charge in [0.25, 0.3) is 0 Å². The topological polar surface area (TPSA) is 101 Å². The van der Waals surface area contributed by atoms with Crippen LogP contribution in [0.5, 0.6) is 0 Å². The molecule has 7 nitrogen and oxygen atoms in total.